The Labute approximate surface area is 185 Å². The summed E-state index contributed by atoms with van der Waals surface area (Å²) in [6.07, 6.45) is 2.27. The summed E-state index contributed by atoms with van der Waals surface area (Å²) in [7, 11) is 0. The van der Waals surface area contributed by atoms with Crippen LogP contribution in [0.1, 0.15) is 25.3 Å². The average molecular weight is 442 g/mol. The smallest absolute Gasteiger partial charge is 0.233 e. The first-order chi connectivity index (χ1) is 14.6. The molecule has 1 N–H and O–H groups in total. The van der Waals surface area contributed by atoms with Crippen molar-refractivity contribution in [3.05, 3.63) is 65.2 Å². The van der Waals surface area contributed by atoms with Crippen LogP contribution in [0, 0.1) is 0 Å². The predicted molar refractivity (Wildman–Crippen MR) is 121 cm³/mol. The summed E-state index contributed by atoms with van der Waals surface area (Å²) in [6, 6.07) is 17.5. The normalized spacial score (nSPS) is 14.7. The first-order valence-corrected chi connectivity index (χ1v) is 11.3. The van der Waals surface area contributed by atoms with Gasteiger partial charge in [-0.2, -0.15) is 0 Å². The lowest BCUT2D eigenvalue weighted by Crippen LogP contribution is -2.30. The van der Waals surface area contributed by atoms with Gasteiger partial charge in [0.1, 0.15) is 0 Å². The Kier molecular flexibility index (Phi) is 6.59. The zero-order valence-electron chi connectivity index (χ0n) is 16.8. The van der Waals surface area contributed by atoms with Gasteiger partial charge in [-0.05, 0) is 37.5 Å². The first-order valence-electron chi connectivity index (χ1n) is 10.1. The van der Waals surface area contributed by atoms with E-state index in [0.29, 0.717) is 16.7 Å². The number of hydrogen-bond donors (Lipinski definition) is 1. The van der Waals surface area contributed by atoms with E-state index in [4.69, 9.17) is 11.6 Å². The monoisotopic (exact) mass is 441 g/mol. The van der Waals surface area contributed by atoms with Crippen molar-refractivity contribution in [3.63, 3.8) is 0 Å². The van der Waals surface area contributed by atoms with Crippen molar-refractivity contribution in [3.8, 4) is 5.69 Å². The van der Waals surface area contributed by atoms with Crippen LogP contribution in [0.4, 0.5) is 5.95 Å². The van der Waals surface area contributed by atoms with E-state index in [1.165, 1.54) is 11.8 Å². The molecule has 0 radical (unpaired) electrons. The number of nitrogens with one attached hydrogen (secondary N) is 1. The van der Waals surface area contributed by atoms with E-state index in [1.54, 1.807) is 0 Å². The molecular weight excluding hydrogens is 418 g/mol. The molecule has 1 saturated heterocycles. The molecule has 1 atom stereocenters. The van der Waals surface area contributed by atoms with Crippen molar-refractivity contribution in [2.24, 2.45) is 0 Å². The molecule has 1 unspecified atom stereocenters. The van der Waals surface area contributed by atoms with Crippen LogP contribution in [0.25, 0.3) is 5.69 Å². The van der Waals surface area contributed by atoms with Crippen LogP contribution in [0.3, 0.4) is 0 Å². The SMILES string of the molecule is CC(Sc1nnc(N2CCCC2)n1-c1ccccc1Cl)C(=O)NCc1ccccc1. The number of thioether (sulfide) groups is 1. The minimum Gasteiger partial charge on any atom is -0.351 e. The Balaban J connectivity index is 1.54. The number of carbonyl (C=O) groups is 1. The van der Waals surface area contributed by atoms with Crippen LogP contribution in [0.5, 0.6) is 0 Å². The zero-order valence-corrected chi connectivity index (χ0v) is 18.4. The average Bonchev–Trinajstić information content (AvgIpc) is 3.43. The van der Waals surface area contributed by atoms with Crippen LogP contribution in [-0.2, 0) is 11.3 Å². The fourth-order valence-corrected chi connectivity index (χ4v) is 4.55. The van der Waals surface area contributed by atoms with Gasteiger partial charge in [0.2, 0.25) is 11.9 Å². The topological polar surface area (TPSA) is 63.1 Å². The lowest BCUT2D eigenvalue weighted by Gasteiger charge is -2.19. The number of hydrogen-bond acceptors (Lipinski definition) is 5. The minimum absolute atomic E-state index is 0.0414. The third kappa shape index (κ3) is 4.63. The van der Waals surface area contributed by atoms with Gasteiger partial charge in [-0.15, -0.1) is 10.2 Å². The van der Waals surface area contributed by atoms with Crippen LogP contribution >= 0.6 is 23.4 Å². The third-order valence-electron chi connectivity index (χ3n) is 5.06. The Morgan fingerprint density at radius 2 is 1.80 bits per heavy atom. The molecule has 4 rings (SSSR count). The van der Waals surface area contributed by atoms with Gasteiger partial charge in [-0.1, -0.05) is 65.8 Å². The molecule has 2 heterocycles. The highest BCUT2D eigenvalue weighted by Crippen LogP contribution is 2.33. The van der Waals surface area contributed by atoms with Crippen molar-refractivity contribution in [2.45, 2.75) is 36.7 Å². The van der Waals surface area contributed by atoms with Crippen LogP contribution in [-0.4, -0.2) is 39.0 Å². The molecule has 6 nitrogen and oxygen atoms in total. The van der Waals surface area contributed by atoms with Gasteiger partial charge in [0.15, 0.2) is 5.16 Å². The van der Waals surface area contributed by atoms with Gasteiger partial charge in [-0.25, -0.2) is 0 Å². The molecule has 0 bridgehead atoms. The molecular formula is C22H24ClN5OS. The molecule has 0 saturated carbocycles. The summed E-state index contributed by atoms with van der Waals surface area (Å²) in [4.78, 5) is 14.9. The highest BCUT2D eigenvalue weighted by Gasteiger charge is 2.26. The molecule has 156 valence electrons. The second-order valence-electron chi connectivity index (χ2n) is 7.23. The molecule has 1 amide bonds. The number of amides is 1. The number of benzene rings is 2. The van der Waals surface area contributed by atoms with Crippen molar-refractivity contribution in [1.82, 2.24) is 20.1 Å². The van der Waals surface area contributed by atoms with Crippen molar-refractivity contribution in [2.75, 3.05) is 18.0 Å². The van der Waals surface area contributed by atoms with Crippen molar-refractivity contribution >= 4 is 35.2 Å². The number of nitrogens with zero attached hydrogens (tertiary/aromatic N) is 4. The van der Waals surface area contributed by atoms with E-state index in [1.807, 2.05) is 66.1 Å². The Bertz CT molecular complexity index is 1000. The van der Waals surface area contributed by atoms with E-state index in [0.717, 1.165) is 43.1 Å². The Hall–Kier alpha value is -2.51. The highest BCUT2D eigenvalue weighted by molar-refractivity contribution is 8.00. The number of halogens is 1. The summed E-state index contributed by atoms with van der Waals surface area (Å²) >= 11 is 7.89. The summed E-state index contributed by atoms with van der Waals surface area (Å²) in [5.41, 5.74) is 1.89. The van der Waals surface area contributed by atoms with Crippen molar-refractivity contribution < 1.29 is 4.79 Å². The molecule has 2 aromatic carbocycles. The molecule has 3 aromatic rings. The second-order valence-corrected chi connectivity index (χ2v) is 8.94. The molecule has 0 spiro atoms. The number of rotatable bonds is 7. The zero-order chi connectivity index (χ0) is 20.9. The molecule has 1 aromatic heterocycles. The maximum atomic E-state index is 12.7. The predicted octanol–water partition coefficient (Wildman–Crippen LogP) is 4.32. The minimum atomic E-state index is -0.328. The van der Waals surface area contributed by atoms with E-state index in [-0.39, 0.29) is 11.2 Å². The molecule has 0 aliphatic carbocycles. The maximum Gasteiger partial charge on any atom is 0.233 e. The van der Waals surface area contributed by atoms with Gasteiger partial charge in [0.25, 0.3) is 0 Å². The van der Waals surface area contributed by atoms with Gasteiger partial charge in [-0.3, -0.25) is 9.36 Å². The van der Waals surface area contributed by atoms with Gasteiger partial charge in [0.05, 0.1) is 16.0 Å². The fourth-order valence-electron chi connectivity index (χ4n) is 3.44. The number of para-hydroxylation sites is 1. The molecule has 1 aliphatic heterocycles. The maximum absolute atomic E-state index is 12.7. The molecule has 30 heavy (non-hydrogen) atoms. The lowest BCUT2D eigenvalue weighted by atomic mass is 10.2. The molecule has 8 heteroatoms. The highest BCUT2D eigenvalue weighted by atomic mass is 35.5. The Morgan fingerprint density at radius 3 is 2.53 bits per heavy atom. The molecule has 1 fully saturated rings. The van der Waals surface area contributed by atoms with Gasteiger partial charge >= 0.3 is 0 Å². The number of anilines is 1. The van der Waals surface area contributed by atoms with Crippen LogP contribution in [0.2, 0.25) is 5.02 Å². The van der Waals surface area contributed by atoms with E-state index in [2.05, 4.69) is 20.4 Å². The Morgan fingerprint density at radius 1 is 1.10 bits per heavy atom. The van der Waals surface area contributed by atoms with Crippen LogP contribution < -0.4 is 10.2 Å². The third-order valence-corrected chi connectivity index (χ3v) is 6.42. The summed E-state index contributed by atoms with van der Waals surface area (Å²) in [5, 5.41) is 12.8. The first kappa shape index (κ1) is 20.8. The van der Waals surface area contributed by atoms with Gasteiger partial charge in [0, 0.05) is 19.6 Å². The summed E-state index contributed by atoms with van der Waals surface area (Å²) in [5.74, 6) is 0.736. The van der Waals surface area contributed by atoms with E-state index < -0.39 is 0 Å². The largest absolute Gasteiger partial charge is 0.351 e. The van der Waals surface area contributed by atoms with E-state index in [9.17, 15) is 4.79 Å². The number of carbonyl (C=O) groups excluding carboxylic acids is 1. The fraction of sp³-hybridized carbons (Fsp3) is 0.318. The van der Waals surface area contributed by atoms with Crippen LogP contribution in [0.15, 0.2) is 59.8 Å². The summed E-state index contributed by atoms with van der Waals surface area (Å²) in [6.45, 7) is 4.27. The van der Waals surface area contributed by atoms with Crippen molar-refractivity contribution in [1.29, 1.82) is 0 Å². The van der Waals surface area contributed by atoms with Gasteiger partial charge < -0.3 is 10.2 Å². The van der Waals surface area contributed by atoms with E-state index >= 15 is 0 Å². The summed E-state index contributed by atoms with van der Waals surface area (Å²) < 4.78 is 1.97. The second kappa shape index (κ2) is 9.53. The lowest BCUT2D eigenvalue weighted by molar-refractivity contribution is -0.120. The number of aromatic nitrogens is 3. The quantitative estimate of drug-likeness (QED) is 0.553. The molecule has 1 aliphatic rings. The standard InChI is InChI=1S/C22H24ClN5OS/c1-16(20(29)24-15-17-9-3-2-4-10-17)30-22-26-25-21(27-13-7-8-14-27)28(22)19-12-6-5-11-18(19)23/h2-6,9-12,16H,7-8,13-15H2,1H3,(H,24,29).